The van der Waals surface area contributed by atoms with Crippen LogP contribution in [0.25, 0.3) is 0 Å². The van der Waals surface area contributed by atoms with Crippen LogP contribution in [0.15, 0.2) is 54.6 Å². The zero-order chi connectivity index (χ0) is 23.9. The fraction of sp³-hybridized carbons (Fsp3) is 0.269. The lowest BCUT2D eigenvalue weighted by Gasteiger charge is -2.16. The molecule has 1 aliphatic heterocycles. The Balaban J connectivity index is 1.48. The number of benzene rings is 3. The summed E-state index contributed by atoms with van der Waals surface area (Å²) in [6, 6.07) is 16.6. The van der Waals surface area contributed by atoms with Crippen molar-refractivity contribution in [2.45, 2.75) is 19.6 Å². The van der Waals surface area contributed by atoms with Crippen LogP contribution in [0, 0.1) is 0 Å². The van der Waals surface area contributed by atoms with Gasteiger partial charge in [-0.1, -0.05) is 41.9 Å². The Labute approximate surface area is 203 Å². The van der Waals surface area contributed by atoms with E-state index >= 15 is 0 Å². The van der Waals surface area contributed by atoms with E-state index in [4.69, 9.17) is 35.3 Å². The maximum absolute atomic E-state index is 12.9. The first-order chi connectivity index (χ1) is 16.6. The fourth-order valence-corrected chi connectivity index (χ4v) is 3.84. The molecule has 0 spiro atoms. The first kappa shape index (κ1) is 23.6. The first-order valence-corrected chi connectivity index (χ1v) is 11.3. The minimum absolute atomic E-state index is 0.256. The number of ether oxygens (including phenoxy) is 5. The topological polar surface area (TPSA) is 75.3 Å². The third-order valence-electron chi connectivity index (χ3n) is 5.26. The number of methoxy groups -OCH3 is 2. The van der Waals surface area contributed by atoms with Gasteiger partial charge in [0.25, 0.3) is 5.91 Å². The predicted molar refractivity (Wildman–Crippen MR) is 129 cm³/mol. The van der Waals surface area contributed by atoms with Gasteiger partial charge in [-0.3, -0.25) is 4.79 Å². The minimum Gasteiger partial charge on any atom is -0.493 e. The van der Waals surface area contributed by atoms with E-state index in [-0.39, 0.29) is 12.5 Å². The van der Waals surface area contributed by atoms with Gasteiger partial charge in [-0.15, -0.1) is 0 Å². The van der Waals surface area contributed by atoms with Gasteiger partial charge >= 0.3 is 0 Å². The predicted octanol–water partition coefficient (Wildman–Crippen LogP) is 5.03. The van der Waals surface area contributed by atoms with Crippen LogP contribution in [0.2, 0.25) is 5.02 Å². The second-order valence-corrected chi connectivity index (χ2v) is 8.03. The van der Waals surface area contributed by atoms with Gasteiger partial charge in [0.1, 0.15) is 6.61 Å². The zero-order valence-electron chi connectivity index (χ0n) is 19.1. The molecule has 3 aromatic rings. The van der Waals surface area contributed by atoms with Gasteiger partial charge in [0.05, 0.1) is 32.5 Å². The quantitative estimate of drug-likeness (QED) is 0.484. The van der Waals surface area contributed by atoms with Crippen molar-refractivity contribution in [1.82, 2.24) is 5.32 Å². The molecule has 1 amide bonds. The molecule has 0 fully saturated rings. The summed E-state index contributed by atoms with van der Waals surface area (Å²) in [6.07, 6.45) is 0.784. The van der Waals surface area contributed by atoms with Crippen LogP contribution in [-0.4, -0.2) is 33.3 Å². The van der Waals surface area contributed by atoms with E-state index in [0.29, 0.717) is 59.2 Å². The maximum Gasteiger partial charge on any atom is 0.251 e. The lowest BCUT2D eigenvalue weighted by atomic mass is 10.1. The molecule has 4 rings (SSSR count). The largest absolute Gasteiger partial charge is 0.493 e. The third-order valence-corrected chi connectivity index (χ3v) is 5.54. The van der Waals surface area contributed by atoms with Gasteiger partial charge in [0.15, 0.2) is 23.0 Å². The number of amides is 1. The SMILES string of the molecule is COc1cc(C(=O)NCc2cc(Cl)c3c(c2)OCCCO3)cc(OC)c1OCc1ccccc1. The number of hydrogen-bond acceptors (Lipinski definition) is 6. The number of fused-ring (bicyclic) bond motifs is 1. The van der Waals surface area contributed by atoms with Gasteiger partial charge < -0.3 is 29.0 Å². The van der Waals surface area contributed by atoms with Crippen LogP contribution in [0.5, 0.6) is 28.7 Å². The van der Waals surface area contributed by atoms with Crippen LogP contribution < -0.4 is 29.0 Å². The summed E-state index contributed by atoms with van der Waals surface area (Å²) < 4.78 is 28.3. The van der Waals surface area contributed by atoms with Crippen molar-refractivity contribution in [2.75, 3.05) is 27.4 Å². The van der Waals surface area contributed by atoms with Crippen molar-refractivity contribution in [3.05, 3.63) is 76.3 Å². The van der Waals surface area contributed by atoms with Crippen LogP contribution >= 0.6 is 11.6 Å². The second kappa shape index (κ2) is 11.0. The van der Waals surface area contributed by atoms with Gasteiger partial charge in [-0.25, -0.2) is 0 Å². The van der Waals surface area contributed by atoms with Gasteiger partial charge in [-0.05, 0) is 35.4 Å². The van der Waals surface area contributed by atoms with E-state index in [1.54, 1.807) is 18.2 Å². The van der Waals surface area contributed by atoms with E-state index in [1.807, 2.05) is 36.4 Å². The fourth-order valence-electron chi connectivity index (χ4n) is 3.55. The number of carbonyl (C=O) groups is 1. The molecule has 0 aromatic heterocycles. The molecule has 8 heteroatoms. The summed E-state index contributed by atoms with van der Waals surface area (Å²) in [4.78, 5) is 12.9. The highest BCUT2D eigenvalue weighted by Crippen LogP contribution is 2.40. The van der Waals surface area contributed by atoms with Crippen molar-refractivity contribution in [1.29, 1.82) is 0 Å². The average molecular weight is 484 g/mol. The Hall–Kier alpha value is -3.58. The van der Waals surface area contributed by atoms with Crippen molar-refractivity contribution < 1.29 is 28.5 Å². The van der Waals surface area contributed by atoms with Crippen molar-refractivity contribution in [2.24, 2.45) is 0 Å². The summed E-state index contributed by atoms with van der Waals surface area (Å²) >= 11 is 6.36. The number of carbonyl (C=O) groups excluding carboxylic acids is 1. The monoisotopic (exact) mass is 483 g/mol. The molecule has 0 bridgehead atoms. The van der Waals surface area contributed by atoms with Gasteiger partial charge in [0, 0.05) is 18.5 Å². The Morgan fingerprint density at radius 2 is 1.68 bits per heavy atom. The molecule has 0 saturated carbocycles. The molecule has 3 aromatic carbocycles. The van der Waals surface area contributed by atoms with Crippen molar-refractivity contribution >= 4 is 17.5 Å². The highest BCUT2D eigenvalue weighted by atomic mass is 35.5. The summed E-state index contributed by atoms with van der Waals surface area (Å²) in [7, 11) is 3.04. The number of rotatable bonds is 8. The van der Waals surface area contributed by atoms with Crippen LogP contribution in [-0.2, 0) is 13.2 Å². The molecule has 0 saturated heterocycles. The van der Waals surface area contributed by atoms with Crippen molar-refractivity contribution in [3.8, 4) is 28.7 Å². The summed E-state index contributed by atoms with van der Waals surface area (Å²) in [5, 5.41) is 3.35. The van der Waals surface area contributed by atoms with E-state index in [9.17, 15) is 4.79 Å². The molecule has 1 N–H and O–H groups in total. The Morgan fingerprint density at radius 1 is 0.971 bits per heavy atom. The highest BCUT2D eigenvalue weighted by Gasteiger charge is 2.19. The molecule has 0 atom stereocenters. The average Bonchev–Trinajstić information content (AvgIpc) is 3.12. The van der Waals surface area contributed by atoms with Gasteiger partial charge in [-0.2, -0.15) is 0 Å². The molecular formula is C26H26ClNO6. The molecule has 7 nitrogen and oxygen atoms in total. The Bertz CT molecular complexity index is 1130. The van der Waals surface area contributed by atoms with E-state index < -0.39 is 0 Å². The first-order valence-electron chi connectivity index (χ1n) is 10.9. The van der Waals surface area contributed by atoms with Crippen LogP contribution in [0.3, 0.4) is 0 Å². The third kappa shape index (κ3) is 5.48. The number of hydrogen-bond donors (Lipinski definition) is 1. The zero-order valence-corrected chi connectivity index (χ0v) is 19.8. The highest BCUT2D eigenvalue weighted by molar-refractivity contribution is 6.32. The van der Waals surface area contributed by atoms with E-state index in [2.05, 4.69) is 5.32 Å². The standard InChI is InChI=1S/C26H26ClNO6/c1-30-21-13-19(14-22(31-2)25(21)34-16-17-7-4-3-5-8-17)26(29)28-15-18-11-20(27)24-23(12-18)32-9-6-10-33-24/h3-5,7-8,11-14H,6,9-10,15-16H2,1-2H3,(H,28,29). The molecule has 34 heavy (non-hydrogen) atoms. The van der Waals surface area contributed by atoms with Crippen LogP contribution in [0.4, 0.5) is 0 Å². The summed E-state index contributed by atoms with van der Waals surface area (Å²) in [6.45, 7) is 1.70. The van der Waals surface area contributed by atoms with Gasteiger partial charge in [0.2, 0.25) is 5.75 Å². The lowest BCUT2D eigenvalue weighted by molar-refractivity contribution is 0.0950. The second-order valence-electron chi connectivity index (χ2n) is 7.62. The Kier molecular flexibility index (Phi) is 7.65. The maximum atomic E-state index is 12.9. The molecule has 178 valence electrons. The minimum atomic E-state index is -0.297. The van der Waals surface area contributed by atoms with Crippen molar-refractivity contribution in [3.63, 3.8) is 0 Å². The smallest absolute Gasteiger partial charge is 0.251 e. The van der Waals surface area contributed by atoms with E-state index in [1.165, 1.54) is 14.2 Å². The number of nitrogens with one attached hydrogen (secondary N) is 1. The molecule has 0 unspecified atom stereocenters. The molecule has 0 aliphatic carbocycles. The summed E-state index contributed by atoms with van der Waals surface area (Å²) in [5.41, 5.74) is 2.17. The van der Waals surface area contributed by atoms with E-state index in [0.717, 1.165) is 17.5 Å². The summed E-state index contributed by atoms with van der Waals surface area (Å²) in [5.74, 6) is 2.06. The molecule has 1 aliphatic rings. The normalized spacial score (nSPS) is 12.4. The molecule has 0 radical (unpaired) electrons. The van der Waals surface area contributed by atoms with Crippen LogP contribution in [0.1, 0.15) is 27.9 Å². The lowest BCUT2D eigenvalue weighted by Crippen LogP contribution is -2.23. The number of halogens is 1. The molecular weight excluding hydrogens is 458 g/mol. The Morgan fingerprint density at radius 3 is 2.38 bits per heavy atom. The molecule has 1 heterocycles.